The summed E-state index contributed by atoms with van der Waals surface area (Å²) in [7, 11) is 0. The Morgan fingerprint density at radius 3 is 2.57 bits per heavy atom. The van der Waals surface area contributed by atoms with E-state index in [2.05, 4.69) is 70.0 Å². The van der Waals surface area contributed by atoms with Gasteiger partial charge in [-0.2, -0.15) is 0 Å². The maximum atomic E-state index is 5.03. The van der Waals surface area contributed by atoms with Gasteiger partial charge in [-0.3, -0.25) is 0 Å². The van der Waals surface area contributed by atoms with E-state index < -0.39 is 0 Å². The molecule has 0 aliphatic carbocycles. The Morgan fingerprint density at radius 2 is 1.70 bits per heavy atom. The fourth-order valence-corrected chi connectivity index (χ4v) is 4.38. The van der Waals surface area contributed by atoms with Gasteiger partial charge in [0.2, 0.25) is 0 Å². The molecular weight excluding hydrogens is 370 g/mol. The first kappa shape index (κ1) is 17.0. The van der Waals surface area contributed by atoms with Gasteiger partial charge in [-0.1, -0.05) is 43.3 Å². The number of hydrogen-bond donors (Lipinski definition) is 2. The van der Waals surface area contributed by atoms with Crippen molar-refractivity contribution in [1.29, 1.82) is 0 Å². The van der Waals surface area contributed by atoms with Crippen LogP contribution in [0.2, 0.25) is 0 Å². The lowest BCUT2D eigenvalue weighted by Gasteiger charge is -2.19. The van der Waals surface area contributed by atoms with Crippen molar-refractivity contribution in [3.8, 4) is 11.4 Å². The minimum Gasteiger partial charge on any atom is -0.361 e. The van der Waals surface area contributed by atoms with Gasteiger partial charge < -0.3 is 14.5 Å². The lowest BCUT2D eigenvalue weighted by molar-refractivity contribution is 0.560. The van der Waals surface area contributed by atoms with E-state index in [9.17, 15) is 0 Å². The van der Waals surface area contributed by atoms with Gasteiger partial charge in [0.25, 0.3) is 0 Å². The summed E-state index contributed by atoms with van der Waals surface area (Å²) in [5.74, 6) is 1.92. The van der Waals surface area contributed by atoms with Gasteiger partial charge in [0.1, 0.15) is 11.6 Å². The lowest BCUT2D eigenvalue weighted by Crippen LogP contribution is -2.13. The molecule has 6 aromatic rings. The SMILES string of the molecule is CCC(c1nc2ccccc2[nH]1)n1c(-c2ccc3cc[nH]c3c2)nc2ccccc21. The number of aromatic nitrogens is 5. The normalized spacial score (nSPS) is 12.8. The van der Waals surface area contributed by atoms with Crippen LogP contribution in [0.25, 0.3) is 44.4 Å². The van der Waals surface area contributed by atoms with Gasteiger partial charge in [0.15, 0.2) is 0 Å². The van der Waals surface area contributed by atoms with Crippen molar-refractivity contribution < 1.29 is 0 Å². The molecule has 3 aromatic carbocycles. The van der Waals surface area contributed by atoms with E-state index in [4.69, 9.17) is 9.97 Å². The van der Waals surface area contributed by atoms with Crippen LogP contribution in [0.15, 0.2) is 79.0 Å². The van der Waals surface area contributed by atoms with Crippen LogP contribution in [-0.2, 0) is 0 Å². The Hall–Kier alpha value is -3.86. The molecule has 0 radical (unpaired) electrons. The van der Waals surface area contributed by atoms with E-state index in [1.807, 2.05) is 30.5 Å². The fraction of sp³-hybridized carbons (Fsp3) is 0.120. The van der Waals surface area contributed by atoms with E-state index >= 15 is 0 Å². The predicted octanol–water partition coefficient (Wildman–Crippen LogP) is 6.06. The van der Waals surface area contributed by atoms with E-state index in [0.717, 1.165) is 51.2 Å². The molecule has 1 unspecified atom stereocenters. The smallest absolute Gasteiger partial charge is 0.141 e. The molecule has 146 valence electrons. The van der Waals surface area contributed by atoms with Crippen LogP contribution >= 0.6 is 0 Å². The number of H-pyrrole nitrogens is 2. The lowest BCUT2D eigenvalue weighted by atomic mass is 10.1. The average molecular weight is 391 g/mol. The second kappa shape index (κ2) is 6.59. The zero-order valence-electron chi connectivity index (χ0n) is 16.6. The number of nitrogens with zero attached hydrogens (tertiary/aromatic N) is 3. The summed E-state index contributed by atoms with van der Waals surface area (Å²) in [5.41, 5.74) is 6.37. The summed E-state index contributed by atoms with van der Waals surface area (Å²) in [4.78, 5) is 16.8. The maximum Gasteiger partial charge on any atom is 0.141 e. The summed E-state index contributed by atoms with van der Waals surface area (Å²) < 4.78 is 2.33. The molecule has 6 rings (SSSR count). The maximum absolute atomic E-state index is 5.03. The molecule has 0 saturated heterocycles. The highest BCUT2D eigenvalue weighted by atomic mass is 15.1. The first-order chi connectivity index (χ1) is 14.8. The van der Waals surface area contributed by atoms with Gasteiger partial charge in [-0.05, 0) is 48.2 Å². The van der Waals surface area contributed by atoms with Crippen molar-refractivity contribution in [3.63, 3.8) is 0 Å². The van der Waals surface area contributed by atoms with Crippen LogP contribution in [0.5, 0.6) is 0 Å². The number of rotatable bonds is 4. The predicted molar refractivity (Wildman–Crippen MR) is 122 cm³/mol. The fourth-order valence-electron chi connectivity index (χ4n) is 4.38. The molecule has 2 N–H and O–H groups in total. The number of para-hydroxylation sites is 4. The van der Waals surface area contributed by atoms with Gasteiger partial charge in [-0.15, -0.1) is 0 Å². The summed E-state index contributed by atoms with van der Waals surface area (Å²) in [6.07, 6.45) is 2.87. The van der Waals surface area contributed by atoms with Crippen molar-refractivity contribution >= 4 is 33.0 Å². The standard InChI is InChI=1S/C25H21N5/c1-2-22(24-27-18-7-3-4-8-19(18)28-24)30-23-10-6-5-9-20(23)29-25(30)17-12-11-16-13-14-26-21(16)15-17/h3-15,22,26H,2H2,1H3,(H,27,28). The molecule has 0 fully saturated rings. The topological polar surface area (TPSA) is 62.3 Å². The van der Waals surface area contributed by atoms with Gasteiger partial charge in [0, 0.05) is 17.3 Å². The van der Waals surface area contributed by atoms with Crippen LogP contribution in [0, 0.1) is 0 Å². The van der Waals surface area contributed by atoms with Crippen molar-refractivity contribution in [3.05, 3.63) is 84.8 Å². The highest BCUT2D eigenvalue weighted by Crippen LogP contribution is 2.34. The monoisotopic (exact) mass is 391 g/mol. The summed E-state index contributed by atoms with van der Waals surface area (Å²) >= 11 is 0. The van der Waals surface area contributed by atoms with Crippen LogP contribution in [0.1, 0.15) is 25.2 Å². The van der Waals surface area contributed by atoms with Crippen molar-refractivity contribution in [1.82, 2.24) is 24.5 Å². The Labute approximate surface area is 173 Å². The van der Waals surface area contributed by atoms with E-state index in [1.54, 1.807) is 0 Å². The average Bonchev–Trinajstić information content (AvgIpc) is 3.50. The molecule has 3 heterocycles. The molecule has 0 bridgehead atoms. The molecule has 0 aliphatic heterocycles. The van der Waals surface area contributed by atoms with Crippen LogP contribution in [0.3, 0.4) is 0 Å². The quantitative estimate of drug-likeness (QED) is 0.384. The molecule has 5 heteroatoms. The number of aromatic amines is 2. The highest BCUT2D eigenvalue weighted by molar-refractivity contribution is 5.87. The summed E-state index contributed by atoms with van der Waals surface area (Å²) in [5, 5.41) is 1.20. The van der Waals surface area contributed by atoms with E-state index in [1.165, 1.54) is 5.39 Å². The zero-order chi connectivity index (χ0) is 20.1. The molecule has 30 heavy (non-hydrogen) atoms. The second-order valence-electron chi connectivity index (χ2n) is 7.64. The number of fused-ring (bicyclic) bond motifs is 3. The molecule has 0 spiro atoms. The molecule has 1 atom stereocenters. The van der Waals surface area contributed by atoms with Gasteiger partial charge in [0.05, 0.1) is 28.1 Å². The number of nitrogens with one attached hydrogen (secondary N) is 2. The van der Waals surface area contributed by atoms with Crippen molar-refractivity contribution in [2.45, 2.75) is 19.4 Å². The molecule has 0 saturated carbocycles. The third-order valence-electron chi connectivity index (χ3n) is 5.83. The van der Waals surface area contributed by atoms with Crippen LogP contribution < -0.4 is 0 Å². The molecule has 0 amide bonds. The molecule has 0 aliphatic rings. The Bertz CT molecular complexity index is 1470. The molecule has 3 aromatic heterocycles. The van der Waals surface area contributed by atoms with Crippen LogP contribution in [0.4, 0.5) is 0 Å². The minimum atomic E-state index is 0.0548. The second-order valence-corrected chi connectivity index (χ2v) is 7.64. The first-order valence-corrected chi connectivity index (χ1v) is 10.3. The van der Waals surface area contributed by atoms with Crippen LogP contribution in [-0.4, -0.2) is 24.5 Å². The molecule has 5 nitrogen and oxygen atoms in total. The number of hydrogen-bond acceptors (Lipinski definition) is 2. The Balaban J connectivity index is 1.61. The largest absolute Gasteiger partial charge is 0.361 e. The number of benzene rings is 3. The first-order valence-electron chi connectivity index (χ1n) is 10.3. The van der Waals surface area contributed by atoms with Gasteiger partial charge >= 0.3 is 0 Å². The summed E-state index contributed by atoms with van der Waals surface area (Å²) in [6, 6.07) is 25.1. The van der Waals surface area contributed by atoms with E-state index in [0.29, 0.717) is 0 Å². The molecular formula is C25H21N5. The third kappa shape index (κ3) is 2.55. The Kier molecular flexibility index (Phi) is 3.74. The number of imidazole rings is 2. The Morgan fingerprint density at radius 1 is 0.867 bits per heavy atom. The minimum absolute atomic E-state index is 0.0548. The third-order valence-corrected chi connectivity index (χ3v) is 5.83. The van der Waals surface area contributed by atoms with Crippen molar-refractivity contribution in [2.75, 3.05) is 0 Å². The zero-order valence-corrected chi connectivity index (χ0v) is 16.6. The van der Waals surface area contributed by atoms with Crippen molar-refractivity contribution in [2.24, 2.45) is 0 Å². The van der Waals surface area contributed by atoms with E-state index in [-0.39, 0.29) is 6.04 Å². The van der Waals surface area contributed by atoms with Gasteiger partial charge in [-0.25, -0.2) is 9.97 Å². The summed E-state index contributed by atoms with van der Waals surface area (Å²) in [6.45, 7) is 2.20. The highest BCUT2D eigenvalue weighted by Gasteiger charge is 2.23.